The van der Waals surface area contributed by atoms with Crippen LogP contribution in [0, 0.1) is 11.3 Å². The van der Waals surface area contributed by atoms with Crippen LogP contribution >= 0.6 is 23.2 Å². The van der Waals surface area contributed by atoms with Crippen LogP contribution in [0.4, 0.5) is 0 Å². The van der Waals surface area contributed by atoms with E-state index < -0.39 is 11.9 Å². The third-order valence-electron chi connectivity index (χ3n) is 3.60. The lowest BCUT2D eigenvalue weighted by Crippen LogP contribution is -2.27. The lowest BCUT2D eigenvalue weighted by molar-refractivity contribution is 0.0945. The number of halogens is 2. The number of nitrogens with zero attached hydrogens (tertiary/aromatic N) is 2. The minimum atomic E-state index is -0.828. The smallest absolute Gasteiger partial charge is 0.252 e. The minimum Gasteiger partial charge on any atom is -0.332 e. The van der Waals surface area contributed by atoms with Crippen molar-refractivity contribution in [3.8, 4) is 6.07 Å². The quantitative estimate of drug-likeness (QED) is 0.749. The van der Waals surface area contributed by atoms with Gasteiger partial charge in [0.15, 0.2) is 0 Å². The maximum absolute atomic E-state index is 12.4. The number of aromatic nitrogens is 1. The van der Waals surface area contributed by atoms with Gasteiger partial charge in [0, 0.05) is 28.9 Å². The van der Waals surface area contributed by atoms with Gasteiger partial charge in [-0.15, -0.1) is 0 Å². The van der Waals surface area contributed by atoms with Crippen LogP contribution in [-0.2, 0) is 0 Å². The summed E-state index contributed by atoms with van der Waals surface area (Å²) in [6.07, 6.45) is 3.30. The molecule has 0 spiro atoms. The maximum atomic E-state index is 12.4. The Balaban J connectivity index is 1.93. The molecule has 24 heavy (non-hydrogen) atoms. The van der Waals surface area contributed by atoms with Gasteiger partial charge in [-0.3, -0.25) is 9.78 Å². The first-order chi connectivity index (χ1) is 11.6. The Morgan fingerprint density at radius 2 is 1.92 bits per heavy atom. The van der Waals surface area contributed by atoms with Gasteiger partial charge in [-0.05, 0) is 23.6 Å². The number of nitriles is 1. The Bertz CT molecular complexity index is 961. The summed E-state index contributed by atoms with van der Waals surface area (Å²) in [5.41, 5.74) is 0.974. The number of hydrogen-bond acceptors (Lipinski definition) is 3. The van der Waals surface area contributed by atoms with Crippen LogP contribution in [0.15, 0.2) is 54.9 Å². The molecule has 1 aromatic heterocycles. The summed E-state index contributed by atoms with van der Waals surface area (Å²) in [6.45, 7) is 0. The molecule has 0 radical (unpaired) electrons. The van der Waals surface area contributed by atoms with Crippen LogP contribution in [-0.4, -0.2) is 10.9 Å². The highest BCUT2D eigenvalue weighted by Crippen LogP contribution is 2.25. The van der Waals surface area contributed by atoms with Crippen molar-refractivity contribution < 1.29 is 4.79 Å². The molecule has 4 nitrogen and oxygen atoms in total. The van der Waals surface area contributed by atoms with Gasteiger partial charge in [0.05, 0.1) is 16.1 Å². The van der Waals surface area contributed by atoms with E-state index in [0.29, 0.717) is 16.1 Å². The van der Waals surface area contributed by atoms with Gasteiger partial charge in [-0.1, -0.05) is 47.5 Å². The zero-order valence-electron chi connectivity index (χ0n) is 12.3. The molecule has 1 amide bonds. The number of carbonyl (C=O) groups excluding carboxylic acids is 1. The second-order valence-electron chi connectivity index (χ2n) is 5.11. The Morgan fingerprint density at radius 1 is 1.12 bits per heavy atom. The standard InChI is InChI=1S/C18H11Cl2N3O/c19-15-6-5-11(7-16(15)20)18(24)23-17(8-21)14-10-22-9-12-3-1-2-4-13(12)14/h1-7,9-10,17H,(H,23,24). The number of fused-ring (bicyclic) bond motifs is 1. The number of rotatable bonds is 3. The van der Waals surface area contributed by atoms with E-state index in [4.69, 9.17) is 23.2 Å². The number of nitrogens with one attached hydrogen (secondary N) is 1. The van der Waals surface area contributed by atoms with Gasteiger partial charge >= 0.3 is 0 Å². The maximum Gasteiger partial charge on any atom is 0.252 e. The van der Waals surface area contributed by atoms with Gasteiger partial charge in [0.2, 0.25) is 0 Å². The van der Waals surface area contributed by atoms with Gasteiger partial charge in [-0.25, -0.2) is 0 Å². The highest BCUT2D eigenvalue weighted by molar-refractivity contribution is 6.42. The molecule has 1 heterocycles. The number of pyridine rings is 1. The van der Waals surface area contributed by atoms with Crippen molar-refractivity contribution >= 4 is 39.9 Å². The number of hydrogen-bond donors (Lipinski definition) is 1. The van der Waals surface area contributed by atoms with Crippen LogP contribution in [0.5, 0.6) is 0 Å². The summed E-state index contributed by atoms with van der Waals surface area (Å²) in [6, 6.07) is 13.4. The molecular weight excluding hydrogens is 345 g/mol. The third kappa shape index (κ3) is 3.18. The van der Waals surface area contributed by atoms with Crippen molar-refractivity contribution in [2.75, 3.05) is 0 Å². The van der Waals surface area contributed by atoms with Crippen molar-refractivity contribution in [1.29, 1.82) is 5.26 Å². The molecule has 6 heteroatoms. The molecule has 1 N–H and O–H groups in total. The average molecular weight is 356 g/mol. The Kier molecular flexibility index (Phi) is 4.66. The minimum absolute atomic E-state index is 0.282. The summed E-state index contributed by atoms with van der Waals surface area (Å²) in [7, 11) is 0. The topological polar surface area (TPSA) is 65.8 Å². The molecule has 0 aliphatic rings. The fraction of sp³-hybridized carbons (Fsp3) is 0.0556. The SMILES string of the molecule is N#CC(NC(=O)c1ccc(Cl)c(Cl)c1)c1cncc2ccccc12. The molecule has 3 rings (SSSR count). The predicted molar refractivity (Wildman–Crippen MR) is 94.0 cm³/mol. The van der Waals surface area contributed by atoms with Crippen LogP contribution in [0.2, 0.25) is 10.0 Å². The van der Waals surface area contributed by atoms with Gasteiger partial charge in [-0.2, -0.15) is 5.26 Å². The number of benzene rings is 2. The summed E-state index contributed by atoms with van der Waals surface area (Å²) >= 11 is 11.8. The largest absolute Gasteiger partial charge is 0.332 e. The molecule has 0 saturated heterocycles. The Labute approximate surface area is 148 Å². The van der Waals surface area contributed by atoms with Gasteiger partial charge < -0.3 is 5.32 Å². The van der Waals surface area contributed by atoms with Crippen molar-refractivity contribution in [2.24, 2.45) is 0 Å². The molecule has 1 unspecified atom stereocenters. The highest BCUT2D eigenvalue weighted by Gasteiger charge is 2.18. The van der Waals surface area contributed by atoms with E-state index >= 15 is 0 Å². The van der Waals surface area contributed by atoms with Crippen LogP contribution in [0.25, 0.3) is 10.8 Å². The monoisotopic (exact) mass is 355 g/mol. The molecule has 0 aliphatic carbocycles. The van der Waals surface area contributed by atoms with Crippen LogP contribution in [0.3, 0.4) is 0 Å². The third-order valence-corrected chi connectivity index (χ3v) is 4.34. The molecular formula is C18H11Cl2N3O. The Morgan fingerprint density at radius 3 is 2.67 bits per heavy atom. The highest BCUT2D eigenvalue weighted by atomic mass is 35.5. The molecule has 1 atom stereocenters. The van der Waals surface area contributed by atoms with Crippen molar-refractivity contribution in [1.82, 2.24) is 10.3 Å². The molecule has 0 saturated carbocycles. The first-order valence-corrected chi connectivity index (χ1v) is 7.84. The van der Waals surface area contributed by atoms with E-state index in [0.717, 1.165) is 10.8 Å². The van der Waals surface area contributed by atoms with E-state index in [-0.39, 0.29) is 5.02 Å². The average Bonchev–Trinajstić information content (AvgIpc) is 2.61. The van der Waals surface area contributed by atoms with E-state index in [1.54, 1.807) is 24.5 Å². The summed E-state index contributed by atoms with van der Waals surface area (Å²) in [5.74, 6) is -0.409. The fourth-order valence-corrected chi connectivity index (χ4v) is 2.70. The molecule has 0 aliphatic heterocycles. The summed E-state index contributed by atoms with van der Waals surface area (Å²) < 4.78 is 0. The molecule has 0 fully saturated rings. The van der Waals surface area contributed by atoms with Crippen molar-refractivity contribution in [2.45, 2.75) is 6.04 Å². The van der Waals surface area contributed by atoms with E-state index in [1.807, 2.05) is 24.3 Å². The van der Waals surface area contributed by atoms with E-state index in [2.05, 4.69) is 16.4 Å². The predicted octanol–water partition coefficient (Wildman–Crippen LogP) is 4.54. The zero-order chi connectivity index (χ0) is 17.1. The molecule has 3 aromatic rings. The van der Waals surface area contributed by atoms with Gasteiger partial charge in [0.1, 0.15) is 6.04 Å². The van der Waals surface area contributed by atoms with E-state index in [9.17, 15) is 10.1 Å². The second kappa shape index (κ2) is 6.88. The van der Waals surface area contributed by atoms with Crippen molar-refractivity contribution in [3.05, 3.63) is 76.0 Å². The van der Waals surface area contributed by atoms with Crippen LogP contribution < -0.4 is 5.32 Å². The van der Waals surface area contributed by atoms with Gasteiger partial charge in [0.25, 0.3) is 5.91 Å². The van der Waals surface area contributed by atoms with Crippen LogP contribution in [0.1, 0.15) is 22.0 Å². The number of carbonyl (C=O) groups is 1. The summed E-state index contributed by atoms with van der Waals surface area (Å²) in [4.78, 5) is 16.5. The first-order valence-electron chi connectivity index (χ1n) is 7.08. The normalized spacial score (nSPS) is 11.7. The zero-order valence-corrected chi connectivity index (χ0v) is 13.8. The first kappa shape index (κ1) is 16.3. The van der Waals surface area contributed by atoms with E-state index in [1.165, 1.54) is 6.07 Å². The lowest BCUT2D eigenvalue weighted by Gasteiger charge is -2.14. The second-order valence-corrected chi connectivity index (χ2v) is 5.93. The molecule has 0 bridgehead atoms. The molecule has 2 aromatic carbocycles. The van der Waals surface area contributed by atoms with Crippen molar-refractivity contribution in [3.63, 3.8) is 0 Å². The Hall–Kier alpha value is -2.61. The fourth-order valence-electron chi connectivity index (χ4n) is 2.40. The number of amides is 1. The lowest BCUT2D eigenvalue weighted by atomic mass is 10.0. The molecule has 118 valence electrons. The summed E-state index contributed by atoms with van der Waals surface area (Å²) in [5, 5.41) is 14.6.